The maximum atomic E-state index is 13.4. The second kappa shape index (κ2) is 7.56. The Balaban J connectivity index is 1.59. The Morgan fingerprint density at radius 1 is 1.21 bits per heavy atom. The molecular weight excluding hydrogens is 422 g/mol. The fraction of sp³-hybridized carbons (Fsp3) is 0.278. The first-order chi connectivity index (χ1) is 13.8. The lowest BCUT2D eigenvalue weighted by Crippen LogP contribution is -2.39. The number of sulfonamides is 1. The summed E-state index contributed by atoms with van der Waals surface area (Å²) < 4.78 is 59.3. The van der Waals surface area contributed by atoms with Gasteiger partial charge in [0, 0.05) is 30.3 Å². The summed E-state index contributed by atoms with van der Waals surface area (Å²) >= 11 is 4.51. The van der Waals surface area contributed by atoms with Crippen molar-refractivity contribution < 1.29 is 21.9 Å². The highest BCUT2D eigenvalue weighted by molar-refractivity contribution is 7.89. The number of benzene rings is 2. The molecule has 1 atom stereocenters. The number of halogens is 2. The van der Waals surface area contributed by atoms with Gasteiger partial charge in [0.05, 0.1) is 21.8 Å². The zero-order valence-corrected chi connectivity index (χ0v) is 16.8. The molecule has 1 fully saturated rings. The highest BCUT2D eigenvalue weighted by Crippen LogP contribution is 2.28. The van der Waals surface area contributed by atoms with Crippen LogP contribution in [0.5, 0.6) is 0 Å². The largest absolute Gasteiger partial charge is 0.380 e. The van der Waals surface area contributed by atoms with Crippen molar-refractivity contribution in [3.05, 3.63) is 48.0 Å². The number of nitrogens with one attached hydrogen (secondary N) is 3. The summed E-state index contributed by atoms with van der Waals surface area (Å²) in [4.78, 5) is 0.0515. The van der Waals surface area contributed by atoms with Crippen LogP contribution in [-0.4, -0.2) is 43.1 Å². The molecule has 1 aliphatic heterocycles. The third kappa shape index (κ3) is 4.22. The first-order valence-corrected chi connectivity index (χ1v) is 10.7. The van der Waals surface area contributed by atoms with Crippen LogP contribution in [0.25, 0.3) is 10.9 Å². The van der Waals surface area contributed by atoms with E-state index in [1.165, 1.54) is 18.2 Å². The van der Waals surface area contributed by atoms with E-state index in [1.807, 2.05) is 0 Å². The van der Waals surface area contributed by atoms with Gasteiger partial charge in [0.1, 0.15) is 0 Å². The van der Waals surface area contributed by atoms with Crippen LogP contribution in [0.3, 0.4) is 0 Å². The molecule has 2 aromatic carbocycles. The van der Waals surface area contributed by atoms with Crippen molar-refractivity contribution in [2.45, 2.75) is 16.1 Å². The van der Waals surface area contributed by atoms with Gasteiger partial charge in [-0.2, -0.15) is 17.7 Å². The Hall–Kier alpha value is -2.21. The van der Waals surface area contributed by atoms with Crippen LogP contribution in [0.4, 0.5) is 20.3 Å². The van der Waals surface area contributed by atoms with Crippen LogP contribution in [0, 0.1) is 11.6 Å². The summed E-state index contributed by atoms with van der Waals surface area (Å²) in [6.45, 7) is 1.06. The topological polar surface area (TPSA) is 96.1 Å². The summed E-state index contributed by atoms with van der Waals surface area (Å²) in [6, 6.07) is 7.85. The van der Waals surface area contributed by atoms with Crippen LogP contribution in [0.15, 0.2) is 41.3 Å². The predicted octanol–water partition coefficient (Wildman–Crippen LogP) is 2.95. The number of aromatic nitrogens is 2. The van der Waals surface area contributed by atoms with E-state index in [1.54, 1.807) is 6.07 Å². The number of nitrogens with zero attached hydrogens (tertiary/aromatic N) is 1. The zero-order chi connectivity index (χ0) is 20.6. The van der Waals surface area contributed by atoms with E-state index >= 15 is 0 Å². The standard InChI is InChI=1S/C18H18F2N4O3S2/c19-14-3-1-11(7-15(14)20)22-17-13-8-12(2-4-16(13)23-24-17)29(25,26)21-9-18(28)5-6-27-10-18/h1-4,7-8,21,28H,5-6,9-10H2,(H2,22,23,24)/t18-/m1/s1. The van der Waals surface area contributed by atoms with E-state index in [-0.39, 0.29) is 22.9 Å². The van der Waals surface area contributed by atoms with Crippen molar-refractivity contribution in [2.24, 2.45) is 0 Å². The van der Waals surface area contributed by atoms with Gasteiger partial charge in [-0.05, 0) is 36.8 Å². The van der Waals surface area contributed by atoms with Gasteiger partial charge in [0.15, 0.2) is 17.5 Å². The van der Waals surface area contributed by atoms with Crippen molar-refractivity contribution in [3.63, 3.8) is 0 Å². The third-order valence-corrected chi connectivity index (χ3v) is 6.61. The first-order valence-electron chi connectivity index (χ1n) is 8.76. The van der Waals surface area contributed by atoms with E-state index in [0.29, 0.717) is 30.5 Å². The molecule has 4 rings (SSSR count). The van der Waals surface area contributed by atoms with E-state index in [0.717, 1.165) is 12.1 Å². The number of anilines is 2. The lowest BCUT2D eigenvalue weighted by Gasteiger charge is -2.20. The normalized spacial score (nSPS) is 19.7. The smallest absolute Gasteiger partial charge is 0.240 e. The highest BCUT2D eigenvalue weighted by atomic mass is 32.2. The van der Waals surface area contributed by atoms with E-state index in [9.17, 15) is 17.2 Å². The van der Waals surface area contributed by atoms with Gasteiger partial charge in [-0.3, -0.25) is 5.10 Å². The van der Waals surface area contributed by atoms with E-state index < -0.39 is 26.4 Å². The number of thiol groups is 1. The van der Waals surface area contributed by atoms with Crippen LogP contribution < -0.4 is 10.0 Å². The second-order valence-electron chi connectivity index (χ2n) is 6.88. The Morgan fingerprint density at radius 3 is 2.76 bits per heavy atom. The van der Waals surface area contributed by atoms with Crippen molar-refractivity contribution in [1.82, 2.24) is 14.9 Å². The Bertz CT molecular complexity index is 1160. The zero-order valence-electron chi connectivity index (χ0n) is 15.1. The van der Waals surface area contributed by atoms with Gasteiger partial charge >= 0.3 is 0 Å². The SMILES string of the molecule is O=S(=O)(NC[C@]1(S)CCOC1)c1ccc2[nH]nc(Nc3ccc(F)c(F)c3)c2c1. The first kappa shape index (κ1) is 20.1. The molecule has 29 heavy (non-hydrogen) atoms. The van der Waals surface area contributed by atoms with Crippen molar-refractivity contribution in [3.8, 4) is 0 Å². The van der Waals surface area contributed by atoms with Gasteiger partial charge in [-0.1, -0.05) is 0 Å². The molecule has 1 aromatic heterocycles. The monoisotopic (exact) mass is 440 g/mol. The molecule has 1 saturated heterocycles. The molecule has 2 heterocycles. The number of aromatic amines is 1. The quantitative estimate of drug-likeness (QED) is 0.442. The number of hydrogen-bond donors (Lipinski definition) is 4. The number of ether oxygens (including phenoxy) is 1. The van der Waals surface area contributed by atoms with Gasteiger partial charge in [0.2, 0.25) is 10.0 Å². The molecule has 0 unspecified atom stereocenters. The maximum Gasteiger partial charge on any atom is 0.240 e. The fourth-order valence-corrected chi connectivity index (χ4v) is 4.54. The van der Waals surface area contributed by atoms with Crippen LogP contribution in [0.2, 0.25) is 0 Å². The average molecular weight is 440 g/mol. The summed E-state index contributed by atoms with van der Waals surface area (Å²) in [6.07, 6.45) is 0.654. The maximum absolute atomic E-state index is 13.4. The molecule has 154 valence electrons. The number of fused-ring (bicyclic) bond motifs is 1. The minimum atomic E-state index is -3.79. The molecule has 0 bridgehead atoms. The lowest BCUT2D eigenvalue weighted by atomic mass is 10.1. The molecule has 0 saturated carbocycles. The number of hydrogen-bond acceptors (Lipinski definition) is 6. The van der Waals surface area contributed by atoms with Crippen LogP contribution in [-0.2, 0) is 14.8 Å². The highest BCUT2D eigenvalue weighted by Gasteiger charge is 2.32. The Kier molecular flexibility index (Phi) is 5.23. The fourth-order valence-electron chi connectivity index (χ4n) is 3.01. The summed E-state index contributed by atoms with van der Waals surface area (Å²) in [5.74, 6) is -1.67. The van der Waals surface area contributed by atoms with Crippen molar-refractivity contribution in [2.75, 3.05) is 25.1 Å². The third-order valence-electron chi connectivity index (χ3n) is 4.70. The minimum absolute atomic E-state index is 0.0515. The van der Waals surface area contributed by atoms with Crippen molar-refractivity contribution >= 4 is 45.1 Å². The molecule has 0 aliphatic carbocycles. The molecule has 11 heteroatoms. The van der Waals surface area contributed by atoms with E-state index in [2.05, 4.69) is 32.9 Å². The second-order valence-corrected chi connectivity index (χ2v) is 9.60. The van der Waals surface area contributed by atoms with Gasteiger partial charge < -0.3 is 10.1 Å². The van der Waals surface area contributed by atoms with Crippen molar-refractivity contribution in [1.29, 1.82) is 0 Å². The van der Waals surface area contributed by atoms with E-state index in [4.69, 9.17) is 4.74 Å². The number of H-pyrrole nitrogens is 1. The molecular formula is C18H18F2N4O3S2. The lowest BCUT2D eigenvalue weighted by molar-refractivity contribution is 0.191. The predicted molar refractivity (Wildman–Crippen MR) is 108 cm³/mol. The van der Waals surface area contributed by atoms with Gasteiger partial charge in [-0.25, -0.2) is 21.9 Å². The molecule has 0 amide bonds. The molecule has 0 radical (unpaired) electrons. The Morgan fingerprint density at radius 2 is 2.03 bits per heavy atom. The molecule has 1 aliphatic rings. The molecule has 7 nitrogen and oxygen atoms in total. The Labute approximate surface area is 171 Å². The average Bonchev–Trinajstić information content (AvgIpc) is 3.30. The summed E-state index contributed by atoms with van der Waals surface area (Å²) in [7, 11) is -3.79. The van der Waals surface area contributed by atoms with Gasteiger partial charge in [0.25, 0.3) is 0 Å². The molecule has 3 N–H and O–H groups in total. The summed E-state index contributed by atoms with van der Waals surface area (Å²) in [5.41, 5.74) is 0.867. The minimum Gasteiger partial charge on any atom is -0.380 e. The van der Waals surface area contributed by atoms with Gasteiger partial charge in [-0.15, -0.1) is 0 Å². The van der Waals surface area contributed by atoms with Crippen LogP contribution in [0.1, 0.15) is 6.42 Å². The van der Waals surface area contributed by atoms with Crippen LogP contribution >= 0.6 is 12.6 Å². The molecule has 3 aromatic rings. The number of rotatable bonds is 6. The molecule has 0 spiro atoms. The summed E-state index contributed by atoms with van der Waals surface area (Å²) in [5, 5.41) is 10.2.